The van der Waals surface area contributed by atoms with Crippen LogP contribution in [0.2, 0.25) is 5.15 Å². The quantitative estimate of drug-likeness (QED) is 0.600. The molecular weight excluding hydrogens is 374 g/mol. The number of carbonyl (C=O) groups excluding carboxylic acids is 1. The summed E-state index contributed by atoms with van der Waals surface area (Å²) in [6.07, 6.45) is 0. The number of rotatable bonds is 7. The van der Waals surface area contributed by atoms with E-state index in [0.29, 0.717) is 23.0 Å². The van der Waals surface area contributed by atoms with Crippen molar-refractivity contribution >= 4 is 40.6 Å². The molecule has 1 amide bonds. The molecule has 0 unspecified atom stereocenters. The van der Waals surface area contributed by atoms with Crippen LogP contribution < -0.4 is 5.32 Å². The second kappa shape index (κ2) is 8.56. The minimum Gasteiger partial charge on any atom is -0.351 e. The van der Waals surface area contributed by atoms with E-state index in [2.05, 4.69) is 27.9 Å². The van der Waals surface area contributed by atoms with Gasteiger partial charge in [0.25, 0.3) is 5.91 Å². The summed E-state index contributed by atoms with van der Waals surface area (Å²) >= 11 is 9.96. The van der Waals surface area contributed by atoms with Crippen LogP contribution in [-0.4, -0.2) is 28.0 Å². The number of nitrogens with one attached hydrogen (secondary N) is 1. The Balaban J connectivity index is 1.58. The Morgan fingerprint density at radius 1 is 1.28 bits per heavy atom. The van der Waals surface area contributed by atoms with E-state index in [0.717, 1.165) is 17.2 Å². The largest absolute Gasteiger partial charge is 0.351 e. The molecule has 0 saturated carbocycles. The van der Waals surface area contributed by atoms with Gasteiger partial charge in [-0.05, 0) is 30.5 Å². The summed E-state index contributed by atoms with van der Waals surface area (Å²) in [4.78, 5) is 13.8. The van der Waals surface area contributed by atoms with Gasteiger partial charge in [-0.2, -0.15) is 16.9 Å². The highest BCUT2D eigenvalue weighted by Gasteiger charge is 2.20. The highest BCUT2D eigenvalue weighted by Crippen LogP contribution is 2.23. The molecule has 25 heavy (non-hydrogen) atoms. The fourth-order valence-electron chi connectivity index (χ4n) is 2.39. The molecule has 4 nitrogen and oxygen atoms in total. The number of halogens is 1. The van der Waals surface area contributed by atoms with Gasteiger partial charge in [-0.3, -0.25) is 4.79 Å². The van der Waals surface area contributed by atoms with Crippen LogP contribution in [0.5, 0.6) is 0 Å². The van der Waals surface area contributed by atoms with Crippen LogP contribution in [0.4, 0.5) is 0 Å². The third-order valence-corrected chi connectivity index (χ3v) is 6.00. The van der Waals surface area contributed by atoms with Crippen molar-refractivity contribution < 1.29 is 4.79 Å². The number of para-hydroxylation sites is 1. The molecule has 0 aliphatic heterocycles. The van der Waals surface area contributed by atoms with Crippen molar-refractivity contribution in [3.8, 4) is 5.69 Å². The van der Waals surface area contributed by atoms with Crippen LogP contribution >= 0.6 is 34.7 Å². The molecule has 0 aliphatic carbocycles. The average Bonchev–Trinajstić information content (AvgIpc) is 3.23. The summed E-state index contributed by atoms with van der Waals surface area (Å²) in [5, 5.41) is 9.75. The third kappa shape index (κ3) is 4.45. The van der Waals surface area contributed by atoms with E-state index in [9.17, 15) is 4.79 Å². The number of amides is 1. The van der Waals surface area contributed by atoms with Gasteiger partial charge in [0.1, 0.15) is 5.15 Å². The minimum atomic E-state index is -0.179. The summed E-state index contributed by atoms with van der Waals surface area (Å²) in [5.41, 5.74) is 1.90. The standard InChI is InChI=1S/C18H18ClN3OS2/c1-13-16(17(19)22(21-13)14-6-3-2-4-7-14)18(23)20-9-11-24-12-15-8-5-10-25-15/h2-8,10H,9,11-12H2,1H3,(H,20,23). The first-order valence-corrected chi connectivity index (χ1v) is 10.3. The number of aromatic nitrogens is 2. The summed E-state index contributed by atoms with van der Waals surface area (Å²) in [7, 11) is 0. The number of hydrogen-bond acceptors (Lipinski definition) is 4. The van der Waals surface area contributed by atoms with E-state index < -0.39 is 0 Å². The van der Waals surface area contributed by atoms with Gasteiger partial charge >= 0.3 is 0 Å². The average molecular weight is 392 g/mol. The van der Waals surface area contributed by atoms with E-state index in [1.807, 2.05) is 30.3 Å². The maximum absolute atomic E-state index is 12.5. The Kier molecular flexibility index (Phi) is 6.18. The number of thioether (sulfide) groups is 1. The molecule has 3 rings (SSSR count). The Labute approximate surface area is 160 Å². The van der Waals surface area contributed by atoms with Gasteiger partial charge in [-0.25, -0.2) is 4.68 Å². The number of hydrogen-bond donors (Lipinski definition) is 1. The van der Waals surface area contributed by atoms with E-state index in [4.69, 9.17) is 11.6 Å². The van der Waals surface area contributed by atoms with Gasteiger partial charge < -0.3 is 5.32 Å². The van der Waals surface area contributed by atoms with E-state index in [1.165, 1.54) is 4.88 Å². The predicted octanol–water partition coefficient (Wildman–Crippen LogP) is 4.56. The number of thiophene rings is 1. The van der Waals surface area contributed by atoms with Crippen molar-refractivity contribution in [1.82, 2.24) is 15.1 Å². The number of aryl methyl sites for hydroxylation is 1. The van der Waals surface area contributed by atoms with Gasteiger partial charge in [0.15, 0.2) is 0 Å². The minimum absolute atomic E-state index is 0.179. The Morgan fingerprint density at radius 3 is 2.80 bits per heavy atom. The summed E-state index contributed by atoms with van der Waals surface area (Å²) < 4.78 is 1.59. The van der Waals surface area contributed by atoms with Crippen molar-refractivity contribution in [2.24, 2.45) is 0 Å². The maximum Gasteiger partial charge on any atom is 0.256 e. The third-order valence-electron chi connectivity index (χ3n) is 3.59. The van der Waals surface area contributed by atoms with Crippen LogP contribution in [0.25, 0.3) is 5.69 Å². The summed E-state index contributed by atoms with van der Waals surface area (Å²) in [5.74, 6) is 1.65. The summed E-state index contributed by atoms with van der Waals surface area (Å²) in [6, 6.07) is 13.7. The van der Waals surface area contributed by atoms with Gasteiger partial charge in [-0.15, -0.1) is 11.3 Å². The molecule has 1 aromatic carbocycles. The van der Waals surface area contributed by atoms with E-state index in [-0.39, 0.29) is 5.91 Å². The highest BCUT2D eigenvalue weighted by atomic mass is 35.5. The predicted molar refractivity (Wildman–Crippen MR) is 106 cm³/mol. The number of carbonyl (C=O) groups is 1. The molecule has 1 N–H and O–H groups in total. The molecular formula is C18H18ClN3OS2. The second-order valence-corrected chi connectivity index (χ2v) is 7.88. The zero-order chi connectivity index (χ0) is 17.6. The van der Waals surface area contributed by atoms with Crippen molar-refractivity contribution in [3.63, 3.8) is 0 Å². The molecule has 0 atom stereocenters. The van der Waals surface area contributed by atoms with Gasteiger partial charge in [0.05, 0.1) is 16.9 Å². The molecule has 0 spiro atoms. The Bertz CT molecular complexity index is 832. The molecule has 130 valence electrons. The lowest BCUT2D eigenvalue weighted by Gasteiger charge is -2.05. The molecule has 0 fully saturated rings. The SMILES string of the molecule is Cc1nn(-c2ccccc2)c(Cl)c1C(=O)NCCSCc1cccs1. The molecule has 2 aromatic heterocycles. The zero-order valence-corrected chi connectivity index (χ0v) is 16.1. The molecule has 0 saturated heterocycles. The maximum atomic E-state index is 12.5. The first-order valence-electron chi connectivity index (χ1n) is 7.85. The highest BCUT2D eigenvalue weighted by molar-refractivity contribution is 7.98. The molecule has 0 aliphatic rings. The lowest BCUT2D eigenvalue weighted by Crippen LogP contribution is -2.26. The van der Waals surface area contributed by atoms with Crippen LogP contribution in [0.3, 0.4) is 0 Å². The van der Waals surface area contributed by atoms with Crippen molar-refractivity contribution in [2.45, 2.75) is 12.7 Å². The van der Waals surface area contributed by atoms with Crippen LogP contribution in [0.15, 0.2) is 47.8 Å². The van der Waals surface area contributed by atoms with Gasteiger partial charge in [-0.1, -0.05) is 35.9 Å². The van der Waals surface area contributed by atoms with Crippen LogP contribution in [-0.2, 0) is 5.75 Å². The molecule has 3 aromatic rings. The molecule has 2 heterocycles. The first kappa shape index (κ1) is 18.0. The van der Waals surface area contributed by atoms with Crippen LogP contribution in [0.1, 0.15) is 20.9 Å². The van der Waals surface area contributed by atoms with Gasteiger partial charge in [0.2, 0.25) is 0 Å². The number of nitrogens with zero attached hydrogens (tertiary/aromatic N) is 2. The number of benzene rings is 1. The molecule has 0 radical (unpaired) electrons. The molecule has 7 heteroatoms. The lowest BCUT2D eigenvalue weighted by atomic mass is 10.2. The monoisotopic (exact) mass is 391 g/mol. The molecule has 0 bridgehead atoms. The fraction of sp³-hybridized carbons (Fsp3) is 0.222. The fourth-order valence-corrected chi connectivity index (χ4v) is 4.45. The van der Waals surface area contributed by atoms with E-state index in [1.54, 1.807) is 34.7 Å². The van der Waals surface area contributed by atoms with Gasteiger partial charge in [0, 0.05) is 22.9 Å². The van der Waals surface area contributed by atoms with Crippen molar-refractivity contribution in [3.05, 3.63) is 69.1 Å². The summed E-state index contributed by atoms with van der Waals surface area (Å²) in [6.45, 7) is 2.40. The Morgan fingerprint density at radius 2 is 2.08 bits per heavy atom. The van der Waals surface area contributed by atoms with E-state index >= 15 is 0 Å². The van der Waals surface area contributed by atoms with Crippen LogP contribution in [0, 0.1) is 6.92 Å². The lowest BCUT2D eigenvalue weighted by molar-refractivity contribution is 0.0955. The topological polar surface area (TPSA) is 46.9 Å². The first-order chi connectivity index (χ1) is 12.2. The van der Waals surface area contributed by atoms with Crippen molar-refractivity contribution in [2.75, 3.05) is 12.3 Å². The smallest absolute Gasteiger partial charge is 0.256 e. The normalized spacial score (nSPS) is 10.8. The van der Waals surface area contributed by atoms with Crippen molar-refractivity contribution in [1.29, 1.82) is 0 Å². The zero-order valence-electron chi connectivity index (χ0n) is 13.7. The Hall–Kier alpha value is -1.76. The second-order valence-electron chi connectivity index (χ2n) is 5.39.